The minimum Gasteiger partial charge on any atom is -0.354 e. The standard InChI is InChI=1S/C17H23N3O2S2/c1-20(2)14(13-7-10-23-12-13)11-19-16(21)6-3-8-18-17(22)15-5-4-9-24-15/h4-5,7,9-10,12,14H,3,6,8,11H2,1-2H3,(H,18,22)(H,19,21). The fraction of sp³-hybridized carbons (Fsp3) is 0.412. The molecule has 2 aromatic heterocycles. The van der Waals surface area contributed by atoms with E-state index in [1.807, 2.05) is 30.9 Å². The van der Waals surface area contributed by atoms with Gasteiger partial charge in [0.25, 0.3) is 5.91 Å². The molecule has 0 radical (unpaired) electrons. The molecule has 0 fully saturated rings. The van der Waals surface area contributed by atoms with Crippen molar-refractivity contribution in [2.75, 3.05) is 27.2 Å². The number of carbonyl (C=O) groups is 2. The minimum atomic E-state index is -0.0736. The van der Waals surface area contributed by atoms with E-state index in [0.717, 1.165) is 0 Å². The molecule has 0 aliphatic rings. The van der Waals surface area contributed by atoms with Crippen molar-refractivity contribution in [2.24, 2.45) is 0 Å². The van der Waals surface area contributed by atoms with E-state index in [0.29, 0.717) is 30.8 Å². The first kappa shape index (κ1) is 18.6. The predicted octanol–water partition coefficient (Wildman–Crippen LogP) is 2.74. The zero-order valence-electron chi connectivity index (χ0n) is 14.0. The summed E-state index contributed by atoms with van der Waals surface area (Å²) < 4.78 is 0. The molecule has 2 N–H and O–H groups in total. The summed E-state index contributed by atoms with van der Waals surface area (Å²) in [6.45, 7) is 1.09. The van der Waals surface area contributed by atoms with Gasteiger partial charge in [-0.1, -0.05) is 6.07 Å². The molecule has 0 aliphatic carbocycles. The van der Waals surface area contributed by atoms with Crippen molar-refractivity contribution in [3.63, 3.8) is 0 Å². The van der Waals surface area contributed by atoms with E-state index in [9.17, 15) is 9.59 Å². The van der Waals surface area contributed by atoms with Crippen LogP contribution in [0.25, 0.3) is 0 Å². The quantitative estimate of drug-likeness (QED) is 0.672. The van der Waals surface area contributed by atoms with Crippen LogP contribution in [-0.2, 0) is 4.79 Å². The lowest BCUT2D eigenvalue weighted by Crippen LogP contribution is -2.34. The Kier molecular flexibility index (Phi) is 7.42. The molecule has 0 spiro atoms. The van der Waals surface area contributed by atoms with Crippen LogP contribution in [0.1, 0.15) is 34.1 Å². The molecule has 2 heterocycles. The molecule has 2 aromatic rings. The summed E-state index contributed by atoms with van der Waals surface area (Å²) in [7, 11) is 4.02. The molecule has 5 nitrogen and oxygen atoms in total. The molecule has 0 saturated carbocycles. The van der Waals surface area contributed by atoms with E-state index < -0.39 is 0 Å². The van der Waals surface area contributed by atoms with Gasteiger partial charge in [0.05, 0.1) is 10.9 Å². The first-order valence-electron chi connectivity index (χ1n) is 7.85. The number of hydrogen-bond acceptors (Lipinski definition) is 5. The Morgan fingerprint density at radius 2 is 2.04 bits per heavy atom. The van der Waals surface area contributed by atoms with E-state index in [4.69, 9.17) is 0 Å². The van der Waals surface area contributed by atoms with Gasteiger partial charge in [0, 0.05) is 19.5 Å². The number of hydrogen-bond donors (Lipinski definition) is 2. The van der Waals surface area contributed by atoms with E-state index in [1.54, 1.807) is 17.4 Å². The Morgan fingerprint density at radius 3 is 2.67 bits per heavy atom. The lowest BCUT2D eigenvalue weighted by atomic mass is 10.1. The minimum absolute atomic E-state index is 0.0162. The number of carbonyl (C=O) groups excluding carboxylic acids is 2. The zero-order valence-corrected chi connectivity index (χ0v) is 15.6. The first-order valence-corrected chi connectivity index (χ1v) is 9.67. The molecule has 0 bridgehead atoms. The average Bonchev–Trinajstić information content (AvgIpc) is 3.24. The topological polar surface area (TPSA) is 61.4 Å². The van der Waals surface area contributed by atoms with Gasteiger partial charge in [0.1, 0.15) is 0 Å². The molecular formula is C17H23N3O2S2. The first-order chi connectivity index (χ1) is 11.6. The maximum Gasteiger partial charge on any atom is 0.261 e. The zero-order chi connectivity index (χ0) is 17.4. The van der Waals surface area contributed by atoms with Gasteiger partial charge >= 0.3 is 0 Å². The summed E-state index contributed by atoms with van der Waals surface area (Å²) in [5.41, 5.74) is 1.22. The van der Waals surface area contributed by atoms with Crippen LogP contribution in [0.3, 0.4) is 0 Å². The normalized spacial score (nSPS) is 12.1. The lowest BCUT2D eigenvalue weighted by Gasteiger charge is -2.24. The van der Waals surface area contributed by atoms with Crippen molar-refractivity contribution < 1.29 is 9.59 Å². The monoisotopic (exact) mass is 365 g/mol. The molecule has 2 rings (SSSR count). The molecule has 2 amide bonds. The van der Waals surface area contributed by atoms with Crippen LogP contribution in [0.15, 0.2) is 34.3 Å². The lowest BCUT2D eigenvalue weighted by molar-refractivity contribution is -0.121. The molecule has 0 aromatic carbocycles. The van der Waals surface area contributed by atoms with Gasteiger partial charge in [-0.3, -0.25) is 9.59 Å². The number of nitrogens with zero attached hydrogens (tertiary/aromatic N) is 1. The number of rotatable bonds is 9. The van der Waals surface area contributed by atoms with Crippen LogP contribution < -0.4 is 10.6 Å². The molecule has 1 unspecified atom stereocenters. The van der Waals surface area contributed by atoms with Crippen molar-refractivity contribution in [2.45, 2.75) is 18.9 Å². The number of amides is 2. The van der Waals surface area contributed by atoms with Crippen LogP contribution in [0.5, 0.6) is 0 Å². The molecule has 0 saturated heterocycles. The summed E-state index contributed by atoms with van der Waals surface area (Å²) >= 11 is 3.07. The number of nitrogens with one attached hydrogen (secondary N) is 2. The average molecular weight is 366 g/mol. The molecule has 0 aliphatic heterocycles. The fourth-order valence-electron chi connectivity index (χ4n) is 2.31. The SMILES string of the molecule is CN(C)C(CNC(=O)CCCNC(=O)c1cccs1)c1ccsc1. The van der Waals surface area contributed by atoms with E-state index >= 15 is 0 Å². The van der Waals surface area contributed by atoms with Gasteiger partial charge in [0.15, 0.2) is 0 Å². The van der Waals surface area contributed by atoms with E-state index in [1.165, 1.54) is 16.9 Å². The number of likely N-dealkylation sites (N-methyl/N-ethyl adjacent to an activating group) is 1. The van der Waals surface area contributed by atoms with Crippen LogP contribution in [0, 0.1) is 0 Å². The molecular weight excluding hydrogens is 342 g/mol. The van der Waals surface area contributed by atoms with Gasteiger partial charge in [-0.25, -0.2) is 0 Å². The molecule has 24 heavy (non-hydrogen) atoms. The van der Waals surface area contributed by atoms with Crippen molar-refractivity contribution in [1.82, 2.24) is 15.5 Å². The molecule has 1 atom stereocenters. The largest absolute Gasteiger partial charge is 0.354 e. The van der Waals surface area contributed by atoms with Gasteiger partial charge in [-0.2, -0.15) is 11.3 Å². The van der Waals surface area contributed by atoms with Crippen LogP contribution >= 0.6 is 22.7 Å². The maximum absolute atomic E-state index is 12.0. The highest BCUT2D eigenvalue weighted by atomic mass is 32.1. The third kappa shape index (κ3) is 5.74. The summed E-state index contributed by atoms with van der Waals surface area (Å²) in [6.07, 6.45) is 1.04. The Bertz CT molecular complexity index is 624. The molecule has 7 heteroatoms. The predicted molar refractivity (Wildman–Crippen MR) is 99.6 cm³/mol. The Labute approximate surface area is 150 Å². The van der Waals surface area contributed by atoms with Crippen molar-refractivity contribution >= 4 is 34.5 Å². The Hall–Kier alpha value is -1.70. The van der Waals surface area contributed by atoms with Crippen LogP contribution in [-0.4, -0.2) is 43.9 Å². The van der Waals surface area contributed by atoms with Crippen molar-refractivity contribution in [1.29, 1.82) is 0 Å². The van der Waals surface area contributed by atoms with Gasteiger partial charge < -0.3 is 15.5 Å². The second kappa shape index (κ2) is 9.56. The second-order valence-electron chi connectivity index (χ2n) is 5.68. The fourth-order valence-corrected chi connectivity index (χ4v) is 3.65. The second-order valence-corrected chi connectivity index (χ2v) is 7.40. The summed E-state index contributed by atoms with van der Waals surface area (Å²) in [5, 5.41) is 11.8. The van der Waals surface area contributed by atoms with E-state index in [-0.39, 0.29) is 17.9 Å². The van der Waals surface area contributed by atoms with E-state index in [2.05, 4.69) is 27.0 Å². The summed E-state index contributed by atoms with van der Waals surface area (Å²) in [5.74, 6) is -0.0574. The smallest absolute Gasteiger partial charge is 0.261 e. The van der Waals surface area contributed by atoms with Crippen molar-refractivity contribution in [3.8, 4) is 0 Å². The highest BCUT2D eigenvalue weighted by Crippen LogP contribution is 2.19. The third-order valence-electron chi connectivity index (χ3n) is 3.66. The van der Waals surface area contributed by atoms with Gasteiger partial charge in [-0.05, 0) is 54.4 Å². The van der Waals surface area contributed by atoms with Crippen LogP contribution in [0.2, 0.25) is 0 Å². The summed E-state index contributed by atoms with van der Waals surface area (Å²) in [6, 6.07) is 5.90. The highest BCUT2D eigenvalue weighted by Gasteiger charge is 2.15. The summed E-state index contributed by atoms with van der Waals surface area (Å²) in [4.78, 5) is 26.5. The molecule has 130 valence electrons. The maximum atomic E-state index is 12.0. The van der Waals surface area contributed by atoms with Gasteiger partial charge in [-0.15, -0.1) is 11.3 Å². The van der Waals surface area contributed by atoms with Gasteiger partial charge in [0.2, 0.25) is 5.91 Å². The Morgan fingerprint density at radius 1 is 1.21 bits per heavy atom. The van der Waals surface area contributed by atoms with Crippen LogP contribution in [0.4, 0.5) is 0 Å². The Balaban J connectivity index is 1.65. The third-order valence-corrected chi connectivity index (χ3v) is 5.23. The number of thiophene rings is 2. The van der Waals surface area contributed by atoms with Crippen molar-refractivity contribution in [3.05, 3.63) is 44.8 Å². The highest BCUT2D eigenvalue weighted by molar-refractivity contribution is 7.12.